The first-order chi connectivity index (χ1) is 22.5. The van der Waals surface area contributed by atoms with E-state index < -0.39 is 0 Å². The van der Waals surface area contributed by atoms with Crippen LogP contribution in [0.15, 0.2) is 0 Å². The fourth-order valence-corrected chi connectivity index (χ4v) is 10.8. The fourth-order valence-electron chi connectivity index (χ4n) is 10.8. The molecule has 0 aromatic carbocycles. The highest BCUT2D eigenvalue weighted by molar-refractivity contribution is 5.76. The lowest BCUT2D eigenvalue weighted by molar-refractivity contribution is -0.202. The van der Waals surface area contributed by atoms with Crippen molar-refractivity contribution in [2.45, 2.75) is 117 Å². The Labute approximate surface area is 286 Å². The summed E-state index contributed by atoms with van der Waals surface area (Å²) in [7, 11) is 0. The van der Waals surface area contributed by atoms with Crippen LogP contribution in [-0.4, -0.2) is 106 Å². The highest BCUT2D eigenvalue weighted by Crippen LogP contribution is 2.68. The van der Waals surface area contributed by atoms with Crippen LogP contribution in [0, 0.1) is 46.3 Å². The number of aliphatic hydroxyl groups excluding tert-OH is 2. The van der Waals surface area contributed by atoms with E-state index in [0.717, 1.165) is 97.4 Å². The number of nitrogens with one attached hydrogen (secondary N) is 6. The van der Waals surface area contributed by atoms with E-state index in [9.17, 15) is 15.0 Å². The molecule has 4 rings (SSSR count). The maximum Gasteiger partial charge on any atom is 0.220 e. The van der Waals surface area contributed by atoms with Crippen molar-refractivity contribution < 1.29 is 15.0 Å². The molecule has 0 spiro atoms. The number of carbonyl (C=O) groups is 1. The molecule has 4 aliphatic rings. The van der Waals surface area contributed by atoms with Crippen LogP contribution in [0.5, 0.6) is 0 Å². The van der Waals surface area contributed by atoms with Crippen molar-refractivity contribution in [3.8, 4) is 0 Å². The Balaban J connectivity index is 1.19. The molecule has 11 atom stereocenters. The number of hydrogen-bond donors (Lipinski definition) is 9. The van der Waals surface area contributed by atoms with Gasteiger partial charge in [0, 0.05) is 84.0 Å². The molecule has 10 N–H and O–H groups in total. The molecule has 0 radical (unpaired) electrons. The molecule has 0 aromatic heterocycles. The molecule has 0 heterocycles. The minimum atomic E-state index is -0.340. The van der Waals surface area contributed by atoms with Gasteiger partial charge in [-0.1, -0.05) is 20.8 Å². The zero-order chi connectivity index (χ0) is 34.0. The van der Waals surface area contributed by atoms with Crippen LogP contribution >= 0.6 is 0 Å². The average Bonchev–Trinajstić information content (AvgIpc) is 3.39. The Kier molecular flexibility index (Phi) is 15.3. The Morgan fingerprint density at radius 3 is 2.04 bits per heavy atom. The summed E-state index contributed by atoms with van der Waals surface area (Å²) in [4.78, 5) is 12.4. The van der Waals surface area contributed by atoms with Gasteiger partial charge in [-0.3, -0.25) is 4.79 Å². The van der Waals surface area contributed by atoms with E-state index in [1.807, 2.05) is 13.8 Å². The Morgan fingerprint density at radius 2 is 1.43 bits per heavy atom. The van der Waals surface area contributed by atoms with Crippen molar-refractivity contribution in [1.82, 2.24) is 31.9 Å². The highest BCUT2D eigenvalue weighted by Gasteiger charge is 2.65. The summed E-state index contributed by atoms with van der Waals surface area (Å²) < 4.78 is 0. The number of aliphatic hydroxyl groups is 2. The third-order valence-electron chi connectivity index (χ3n) is 13.3. The normalized spacial score (nSPS) is 37.3. The van der Waals surface area contributed by atoms with Crippen LogP contribution in [0.2, 0.25) is 0 Å². The summed E-state index contributed by atoms with van der Waals surface area (Å²) in [5, 5.41) is 44.4. The minimum Gasteiger partial charge on any atom is -0.393 e. The predicted octanol–water partition coefficient (Wildman–Crippen LogP) is 1.80. The molecule has 47 heavy (non-hydrogen) atoms. The van der Waals surface area contributed by atoms with Crippen LogP contribution < -0.4 is 37.6 Å². The van der Waals surface area contributed by atoms with Crippen LogP contribution in [0.25, 0.3) is 0 Å². The topological polar surface area (TPSA) is 156 Å². The lowest BCUT2D eigenvalue weighted by Crippen LogP contribution is -2.62. The van der Waals surface area contributed by atoms with Crippen LogP contribution in [0.3, 0.4) is 0 Å². The number of nitrogens with two attached hydrogens (primary N) is 1. The van der Waals surface area contributed by atoms with E-state index in [1.165, 1.54) is 12.8 Å². The second kappa shape index (κ2) is 18.4. The molecule has 274 valence electrons. The summed E-state index contributed by atoms with van der Waals surface area (Å²) in [6.07, 6.45) is 8.19. The second-order valence-electron chi connectivity index (χ2n) is 16.5. The van der Waals surface area contributed by atoms with Gasteiger partial charge in [-0.15, -0.1) is 0 Å². The van der Waals surface area contributed by atoms with E-state index in [0.29, 0.717) is 48.6 Å². The van der Waals surface area contributed by atoms with Crippen molar-refractivity contribution in [3.63, 3.8) is 0 Å². The zero-order valence-electron chi connectivity index (χ0n) is 30.6. The van der Waals surface area contributed by atoms with Gasteiger partial charge in [-0.2, -0.15) is 0 Å². The second-order valence-corrected chi connectivity index (χ2v) is 16.5. The lowest BCUT2D eigenvalue weighted by Gasteiger charge is -2.63. The smallest absolute Gasteiger partial charge is 0.220 e. The van der Waals surface area contributed by atoms with Gasteiger partial charge in [-0.05, 0) is 112 Å². The molecule has 4 unspecified atom stereocenters. The van der Waals surface area contributed by atoms with Crippen LogP contribution in [-0.2, 0) is 4.79 Å². The van der Waals surface area contributed by atoms with Gasteiger partial charge >= 0.3 is 0 Å². The average molecular weight is 664 g/mol. The van der Waals surface area contributed by atoms with Crippen molar-refractivity contribution in [1.29, 1.82) is 0 Å². The number of amides is 1. The van der Waals surface area contributed by atoms with Gasteiger partial charge in [-0.25, -0.2) is 0 Å². The largest absolute Gasteiger partial charge is 0.393 e. The molecule has 4 saturated carbocycles. The molecule has 0 aliphatic heterocycles. The quantitative estimate of drug-likeness (QED) is 0.0888. The first kappa shape index (κ1) is 38.9. The molecule has 0 bridgehead atoms. The molecular formula is C37H73N7O3. The first-order valence-electron chi connectivity index (χ1n) is 19.4. The third-order valence-corrected chi connectivity index (χ3v) is 13.3. The Bertz CT molecular complexity index is 942. The van der Waals surface area contributed by atoms with E-state index in [4.69, 9.17) is 5.73 Å². The number of fused-ring (bicyclic) bond motifs is 5. The van der Waals surface area contributed by atoms with Gasteiger partial charge in [0.2, 0.25) is 5.91 Å². The minimum absolute atomic E-state index is 0.134. The zero-order valence-corrected chi connectivity index (χ0v) is 30.6. The van der Waals surface area contributed by atoms with Gasteiger partial charge in [0.25, 0.3) is 0 Å². The highest BCUT2D eigenvalue weighted by atomic mass is 16.3. The van der Waals surface area contributed by atoms with Crippen LogP contribution in [0.1, 0.15) is 92.4 Å². The predicted molar refractivity (Wildman–Crippen MR) is 192 cm³/mol. The third kappa shape index (κ3) is 9.69. The van der Waals surface area contributed by atoms with E-state index in [-0.39, 0.29) is 40.9 Å². The maximum atomic E-state index is 12.4. The Morgan fingerprint density at radius 1 is 0.809 bits per heavy atom. The molecule has 0 saturated heterocycles. The molecule has 10 nitrogen and oxygen atoms in total. The number of rotatable bonds is 20. The van der Waals surface area contributed by atoms with Crippen molar-refractivity contribution >= 4 is 5.91 Å². The van der Waals surface area contributed by atoms with Crippen molar-refractivity contribution in [2.75, 3.05) is 65.4 Å². The van der Waals surface area contributed by atoms with Crippen molar-refractivity contribution in [2.24, 2.45) is 52.1 Å². The molecule has 0 aromatic rings. The molecule has 10 heteroatoms. The van der Waals surface area contributed by atoms with E-state index in [2.05, 4.69) is 52.7 Å². The maximum absolute atomic E-state index is 12.4. The number of hydrogen-bond acceptors (Lipinski definition) is 9. The van der Waals surface area contributed by atoms with Gasteiger partial charge in [0.05, 0.1) is 12.2 Å². The van der Waals surface area contributed by atoms with E-state index >= 15 is 0 Å². The summed E-state index contributed by atoms with van der Waals surface area (Å²) in [5.41, 5.74) is 5.48. The van der Waals surface area contributed by atoms with Gasteiger partial charge in [0.15, 0.2) is 0 Å². The SMILES string of the molecule is CC(C)NC(=O)CC[C@@H](C)[C@H]1CCC2C3C(C[C@H](O)[C@@]21C)[C@@]1(C)CC[C@H](NCCNCCNCCNCCNCCN)CC1C[C@H]3O. The summed E-state index contributed by atoms with van der Waals surface area (Å²) in [5.74, 6) is 2.43. The van der Waals surface area contributed by atoms with Crippen molar-refractivity contribution in [3.05, 3.63) is 0 Å². The van der Waals surface area contributed by atoms with E-state index in [1.54, 1.807) is 0 Å². The number of carbonyl (C=O) groups excluding carboxylic acids is 1. The summed E-state index contributed by atoms with van der Waals surface area (Å²) in [6, 6.07) is 0.672. The van der Waals surface area contributed by atoms with Gasteiger partial charge in [0.1, 0.15) is 0 Å². The fraction of sp³-hybridized carbons (Fsp3) is 0.973. The molecule has 1 amide bonds. The Hall–Kier alpha value is -0.850. The van der Waals surface area contributed by atoms with Gasteiger partial charge < -0.3 is 47.8 Å². The molecule has 4 fully saturated rings. The lowest BCUT2D eigenvalue weighted by atomic mass is 9.43. The monoisotopic (exact) mass is 664 g/mol. The molecular weight excluding hydrogens is 590 g/mol. The molecule has 4 aliphatic carbocycles. The standard InChI is InChI=1S/C37H73N7O3/c1-25(2)44-34(47)9-6-26(3)29-7-8-30-35-31(24-33(46)37(29,30)5)36(4)11-10-28(22-27(36)23-32(35)45)43-21-20-42-19-18-41-17-16-40-15-14-39-13-12-38/h25-33,35,39-43,45-46H,6-24,38H2,1-5H3,(H,44,47)/t26-,27?,28+,29-,30?,31?,32-,33+,35?,36+,37-/m1/s1. The first-order valence-corrected chi connectivity index (χ1v) is 19.4. The summed E-state index contributed by atoms with van der Waals surface area (Å²) >= 11 is 0. The van der Waals surface area contributed by atoms with Crippen LogP contribution in [0.4, 0.5) is 0 Å². The summed E-state index contributed by atoms with van der Waals surface area (Å²) in [6.45, 7) is 20.4.